The smallest absolute Gasteiger partial charge is 0.235 e. The zero-order valence-electron chi connectivity index (χ0n) is 11.6. The Hall–Kier alpha value is -2.03. The van der Waals surface area contributed by atoms with Crippen molar-refractivity contribution in [1.82, 2.24) is 0 Å². The summed E-state index contributed by atoms with van der Waals surface area (Å²) in [6, 6.07) is 3.81. The predicted molar refractivity (Wildman–Crippen MR) is 79.5 cm³/mol. The van der Waals surface area contributed by atoms with Crippen LogP contribution in [0.4, 0.5) is 0 Å². The van der Waals surface area contributed by atoms with Crippen LogP contribution in [0.5, 0.6) is 0 Å². The minimum atomic E-state index is -0.538. The van der Waals surface area contributed by atoms with Crippen LogP contribution in [0.1, 0.15) is 29.9 Å². The zero-order valence-corrected chi connectivity index (χ0v) is 12.4. The van der Waals surface area contributed by atoms with Gasteiger partial charge in [-0.1, -0.05) is 11.6 Å². The maximum atomic E-state index is 10.8. The maximum Gasteiger partial charge on any atom is 0.235 e. The van der Waals surface area contributed by atoms with Crippen molar-refractivity contribution in [3.05, 3.63) is 34.2 Å². The molecule has 4 nitrogen and oxygen atoms in total. The van der Waals surface area contributed by atoms with E-state index in [2.05, 4.69) is 4.99 Å². The fourth-order valence-electron chi connectivity index (χ4n) is 3.06. The molecule has 1 fully saturated rings. The minimum Gasteiger partial charge on any atom is -0.461 e. The van der Waals surface area contributed by atoms with Gasteiger partial charge in [0.25, 0.3) is 0 Å². The molecule has 0 unspecified atom stereocenters. The lowest BCUT2D eigenvalue weighted by atomic mass is 9.98. The van der Waals surface area contributed by atoms with Gasteiger partial charge in [0.1, 0.15) is 22.6 Å². The van der Waals surface area contributed by atoms with Crippen molar-refractivity contribution in [2.24, 2.45) is 4.99 Å². The number of halogens is 1. The van der Waals surface area contributed by atoms with Gasteiger partial charge in [-0.05, 0) is 38.8 Å². The first-order chi connectivity index (χ1) is 10.1. The molecule has 21 heavy (non-hydrogen) atoms. The third kappa shape index (κ3) is 1.63. The van der Waals surface area contributed by atoms with Gasteiger partial charge in [0, 0.05) is 16.3 Å². The molecule has 0 saturated heterocycles. The van der Waals surface area contributed by atoms with E-state index in [0.29, 0.717) is 16.2 Å². The molecule has 0 atom stereocenters. The van der Waals surface area contributed by atoms with Gasteiger partial charge in [-0.2, -0.15) is 4.99 Å². The van der Waals surface area contributed by atoms with E-state index in [1.54, 1.807) is 6.08 Å². The molecular formula is C16H12ClNO3. The first-order valence-electron chi connectivity index (χ1n) is 6.77. The molecule has 4 rings (SSSR count). The van der Waals surface area contributed by atoms with Crippen LogP contribution in [0.25, 0.3) is 21.9 Å². The molecule has 5 heteroatoms. The van der Waals surface area contributed by atoms with E-state index in [9.17, 15) is 4.79 Å². The number of hydrogen-bond donors (Lipinski definition) is 0. The van der Waals surface area contributed by atoms with Crippen molar-refractivity contribution in [2.45, 2.75) is 32.2 Å². The highest BCUT2D eigenvalue weighted by atomic mass is 35.5. The Balaban J connectivity index is 2.24. The van der Waals surface area contributed by atoms with Gasteiger partial charge < -0.3 is 8.83 Å². The summed E-state index contributed by atoms with van der Waals surface area (Å²) in [4.78, 5) is 14.8. The minimum absolute atomic E-state index is 0.538. The van der Waals surface area contributed by atoms with Crippen molar-refractivity contribution in [3.8, 4) is 0 Å². The summed E-state index contributed by atoms with van der Waals surface area (Å²) in [5.41, 5.74) is 1.68. The highest BCUT2D eigenvalue weighted by Crippen LogP contribution is 2.55. The van der Waals surface area contributed by atoms with Gasteiger partial charge >= 0.3 is 0 Å². The Labute approximate surface area is 125 Å². The SMILES string of the molecule is Cc1cc2c(C3(N=C=O)CC3)c3oc(C)cc3c(Cl)c2o1. The predicted octanol–water partition coefficient (Wildman–Crippen LogP) is 4.77. The summed E-state index contributed by atoms with van der Waals surface area (Å²) in [7, 11) is 0. The van der Waals surface area contributed by atoms with Crippen LogP contribution >= 0.6 is 11.6 Å². The Bertz CT molecular complexity index is 882. The monoisotopic (exact) mass is 301 g/mol. The van der Waals surface area contributed by atoms with Gasteiger partial charge in [-0.15, -0.1) is 0 Å². The highest BCUT2D eigenvalue weighted by Gasteiger charge is 2.48. The number of aliphatic imine (C=N–C) groups is 1. The van der Waals surface area contributed by atoms with Gasteiger partial charge in [-0.25, -0.2) is 4.79 Å². The lowest BCUT2D eigenvalue weighted by Crippen LogP contribution is -2.03. The van der Waals surface area contributed by atoms with Crippen LogP contribution in [0.3, 0.4) is 0 Å². The average molecular weight is 302 g/mol. The number of aryl methyl sites for hydroxylation is 2. The third-order valence-corrected chi connectivity index (χ3v) is 4.47. The molecule has 0 spiro atoms. The van der Waals surface area contributed by atoms with E-state index in [1.165, 1.54) is 0 Å². The topological polar surface area (TPSA) is 55.7 Å². The van der Waals surface area contributed by atoms with Crippen molar-refractivity contribution < 1.29 is 13.6 Å². The number of fused-ring (bicyclic) bond motifs is 2. The molecule has 3 aromatic rings. The normalized spacial score (nSPS) is 16.3. The summed E-state index contributed by atoms with van der Waals surface area (Å²) in [6.45, 7) is 3.74. The van der Waals surface area contributed by atoms with E-state index in [0.717, 1.165) is 40.7 Å². The molecule has 1 aliphatic carbocycles. The second kappa shape index (κ2) is 4.00. The van der Waals surface area contributed by atoms with Crippen LogP contribution in [-0.2, 0) is 10.3 Å². The van der Waals surface area contributed by atoms with Crippen molar-refractivity contribution >= 4 is 39.6 Å². The molecule has 0 amide bonds. The van der Waals surface area contributed by atoms with Crippen LogP contribution in [0.2, 0.25) is 5.02 Å². The number of isocyanates is 1. The molecule has 106 valence electrons. The van der Waals surface area contributed by atoms with E-state index in [1.807, 2.05) is 26.0 Å². The molecule has 2 aromatic heterocycles. The Kier molecular flexibility index (Phi) is 2.42. The fourth-order valence-corrected chi connectivity index (χ4v) is 3.34. The molecule has 0 N–H and O–H groups in total. The van der Waals surface area contributed by atoms with Gasteiger partial charge in [0.15, 0.2) is 5.58 Å². The molecule has 1 aromatic carbocycles. The molecular weight excluding hydrogens is 290 g/mol. The Morgan fingerprint density at radius 2 is 1.76 bits per heavy atom. The van der Waals surface area contributed by atoms with E-state index in [4.69, 9.17) is 20.4 Å². The second-order valence-corrected chi connectivity index (χ2v) is 6.00. The van der Waals surface area contributed by atoms with E-state index >= 15 is 0 Å². The molecule has 1 aliphatic rings. The van der Waals surface area contributed by atoms with Gasteiger partial charge in [0.05, 0.1) is 5.02 Å². The number of hydrogen-bond acceptors (Lipinski definition) is 4. The van der Waals surface area contributed by atoms with Crippen molar-refractivity contribution in [2.75, 3.05) is 0 Å². The molecule has 0 bridgehead atoms. The fraction of sp³-hybridized carbons (Fsp3) is 0.312. The van der Waals surface area contributed by atoms with Crippen LogP contribution in [0, 0.1) is 13.8 Å². The number of carbonyl (C=O) groups excluding carboxylic acids is 1. The first-order valence-corrected chi connectivity index (χ1v) is 7.15. The summed E-state index contributed by atoms with van der Waals surface area (Å²) < 4.78 is 11.6. The molecule has 2 heterocycles. The van der Waals surface area contributed by atoms with Crippen molar-refractivity contribution in [1.29, 1.82) is 0 Å². The summed E-state index contributed by atoms with van der Waals surface area (Å²) in [5.74, 6) is 1.53. The lowest BCUT2D eigenvalue weighted by Gasteiger charge is -2.11. The van der Waals surface area contributed by atoms with E-state index in [-0.39, 0.29) is 0 Å². The largest absolute Gasteiger partial charge is 0.461 e. The third-order valence-electron chi connectivity index (χ3n) is 4.09. The Morgan fingerprint density at radius 3 is 2.38 bits per heavy atom. The average Bonchev–Trinajstić information content (AvgIpc) is 2.92. The standard InChI is InChI=1S/C16H12ClNO3/c1-8-5-10-12(16(3-4-16)18-7-19)14-11(6-9(2)20-14)13(17)15(10)21-8/h5-6H,3-4H2,1-2H3. The second-order valence-electron chi connectivity index (χ2n) is 5.62. The summed E-state index contributed by atoms with van der Waals surface area (Å²) in [5, 5.41) is 2.22. The summed E-state index contributed by atoms with van der Waals surface area (Å²) in [6.07, 6.45) is 3.30. The molecule has 0 aliphatic heterocycles. The van der Waals surface area contributed by atoms with Gasteiger partial charge in [-0.3, -0.25) is 0 Å². The molecule has 0 radical (unpaired) electrons. The quantitative estimate of drug-likeness (QED) is 0.506. The van der Waals surface area contributed by atoms with Crippen LogP contribution < -0.4 is 0 Å². The highest BCUT2D eigenvalue weighted by molar-refractivity contribution is 6.40. The summed E-state index contributed by atoms with van der Waals surface area (Å²) >= 11 is 6.46. The van der Waals surface area contributed by atoms with Crippen LogP contribution in [-0.4, -0.2) is 6.08 Å². The Morgan fingerprint density at radius 1 is 1.14 bits per heavy atom. The van der Waals surface area contributed by atoms with E-state index < -0.39 is 5.54 Å². The number of nitrogens with zero attached hydrogens (tertiary/aromatic N) is 1. The van der Waals surface area contributed by atoms with Gasteiger partial charge in [0.2, 0.25) is 6.08 Å². The first kappa shape index (κ1) is 12.7. The van der Waals surface area contributed by atoms with Crippen LogP contribution in [0.15, 0.2) is 26.0 Å². The number of benzene rings is 1. The number of furan rings is 2. The number of rotatable bonds is 2. The van der Waals surface area contributed by atoms with Crippen molar-refractivity contribution in [3.63, 3.8) is 0 Å². The zero-order chi connectivity index (χ0) is 14.8. The molecule has 1 saturated carbocycles. The lowest BCUT2D eigenvalue weighted by molar-refractivity contribution is 0.551. The maximum absolute atomic E-state index is 10.8.